The first-order valence-electron chi connectivity index (χ1n) is 6.29. The van der Waals surface area contributed by atoms with E-state index in [9.17, 15) is 0 Å². The molecule has 2 rings (SSSR count). The van der Waals surface area contributed by atoms with E-state index in [4.69, 9.17) is 5.26 Å². The predicted octanol–water partition coefficient (Wildman–Crippen LogP) is 2.77. The molecule has 90 valence electrons. The Morgan fingerprint density at radius 3 is 2.76 bits per heavy atom. The summed E-state index contributed by atoms with van der Waals surface area (Å²) < 4.78 is 0. The van der Waals surface area contributed by atoms with Crippen molar-refractivity contribution in [1.29, 1.82) is 5.26 Å². The molecule has 0 N–H and O–H groups in total. The number of rotatable bonds is 5. The molecule has 0 bridgehead atoms. The van der Waals surface area contributed by atoms with E-state index in [1.54, 1.807) is 0 Å². The average Bonchev–Trinajstić information content (AvgIpc) is 3.07. The van der Waals surface area contributed by atoms with Crippen LogP contribution in [-0.4, -0.2) is 25.0 Å². The largest absolute Gasteiger partial charge is 0.304 e. The molecule has 0 heterocycles. The summed E-state index contributed by atoms with van der Waals surface area (Å²) in [4.78, 5) is 2.29. The smallest absolute Gasteiger partial charge is 0.0703 e. The highest BCUT2D eigenvalue weighted by molar-refractivity contribution is 5.22. The number of benzene rings is 1. The van der Waals surface area contributed by atoms with Crippen molar-refractivity contribution in [2.75, 3.05) is 20.1 Å². The Labute approximate surface area is 104 Å². The minimum Gasteiger partial charge on any atom is -0.304 e. The van der Waals surface area contributed by atoms with Crippen LogP contribution < -0.4 is 0 Å². The van der Waals surface area contributed by atoms with E-state index in [1.165, 1.54) is 11.1 Å². The molecule has 0 radical (unpaired) electrons. The quantitative estimate of drug-likeness (QED) is 0.775. The zero-order valence-electron chi connectivity index (χ0n) is 10.7. The zero-order valence-corrected chi connectivity index (χ0v) is 10.7. The number of aryl methyl sites for hydroxylation is 1. The molecule has 17 heavy (non-hydrogen) atoms. The normalized spacial score (nSPS) is 16.8. The maximum Gasteiger partial charge on any atom is 0.0703 e. The van der Waals surface area contributed by atoms with Crippen molar-refractivity contribution in [1.82, 2.24) is 4.90 Å². The van der Waals surface area contributed by atoms with Crippen LogP contribution in [0.1, 0.15) is 24.0 Å². The van der Waals surface area contributed by atoms with Gasteiger partial charge in [0.25, 0.3) is 0 Å². The molecule has 1 aliphatic rings. The lowest BCUT2D eigenvalue weighted by Gasteiger charge is -2.19. The number of hydrogen-bond donors (Lipinski definition) is 0. The summed E-state index contributed by atoms with van der Waals surface area (Å²) in [5.74, 6) is 0. The zero-order chi connectivity index (χ0) is 12.3. The molecule has 1 saturated carbocycles. The average molecular weight is 228 g/mol. The third-order valence-corrected chi connectivity index (χ3v) is 3.53. The van der Waals surface area contributed by atoms with E-state index in [0.717, 1.165) is 32.4 Å². The van der Waals surface area contributed by atoms with Crippen molar-refractivity contribution in [2.45, 2.75) is 26.2 Å². The third kappa shape index (κ3) is 3.31. The van der Waals surface area contributed by atoms with Gasteiger partial charge in [0, 0.05) is 13.1 Å². The number of nitrogens with zero attached hydrogens (tertiary/aromatic N) is 2. The summed E-state index contributed by atoms with van der Waals surface area (Å²) in [5.41, 5.74) is 2.70. The molecule has 1 aliphatic carbocycles. The monoisotopic (exact) mass is 228 g/mol. The predicted molar refractivity (Wildman–Crippen MR) is 69.7 cm³/mol. The fourth-order valence-corrected chi connectivity index (χ4v) is 2.24. The lowest BCUT2D eigenvalue weighted by atomic mass is 10.1. The first kappa shape index (κ1) is 12.1. The molecule has 2 heteroatoms. The van der Waals surface area contributed by atoms with Gasteiger partial charge in [-0.05, 0) is 38.8 Å². The third-order valence-electron chi connectivity index (χ3n) is 3.53. The van der Waals surface area contributed by atoms with Gasteiger partial charge < -0.3 is 4.90 Å². The summed E-state index contributed by atoms with van der Waals surface area (Å²) in [6.45, 7) is 4.09. The molecule has 0 aliphatic heterocycles. The molecule has 0 spiro atoms. The molecular weight excluding hydrogens is 208 g/mol. The lowest BCUT2D eigenvalue weighted by molar-refractivity contribution is 0.297. The fraction of sp³-hybridized carbons (Fsp3) is 0.533. The molecule has 0 unspecified atom stereocenters. The van der Waals surface area contributed by atoms with Gasteiger partial charge in [-0.3, -0.25) is 0 Å². The Kier molecular flexibility index (Phi) is 3.49. The topological polar surface area (TPSA) is 27.0 Å². The van der Waals surface area contributed by atoms with E-state index in [0.29, 0.717) is 0 Å². The van der Waals surface area contributed by atoms with Gasteiger partial charge in [-0.25, -0.2) is 0 Å². The Hall–Kier alpha value is -1.33. The van der Waals surface area contributed by atoms with Gasteiger partial charge in [-0.15, -0.1) is 0 Å². The van der Waals surface area contributed by atoms with E-state index in [-0.39, 0.29) is 5.41 Å². The second-order valence-corrected chi connectivity index (χ2v) is 5.37. The first-order chi connectivity index (χ1) is 8.13. The highest BCUT2D eigenvalue weighted by Crippen LogP contribution is 2.45. The SMILES string of the molecule is Cc1cccc(CCN(C)CC2(C#N)CC2)c1. The highest BCUT2D eigenvalue weighted by atomic mass is 15.1. The molecular formula is C15H20N2. The molecule has 0 amide bonds. The number of likely N-dealkylation sites (N-methyl/N-ethyl adjacent to an activating group) is 1. The Bertz CT molecular complexity index is 427. The van der Waals surface area contributed by atoms with Crippen LogP contribution in [0.15, 0.2) is 24.3 Å². The van der Waals surface area contributed by atoms with E-state index in [2.05, 4.69) is 49.2 Å². The molecule has 1 fully saturated rings. The van der Waals surface area contributed by atoms with Gasteiger partial charge in [-0.1, -0.05) is 29.8 Å². The van der Waals surface area contributed by atoms with E-state index in [1.807, 2.05) is 0 Å². The summed E-state index contributed by atoms with van der Waals surface area (Å²) >= 11 is 0. The van der Waals surface area contributed by atoms with E-state index >= 15 is 0 Å². The lowest BCUT2D eigenvalue weighted by Crippen LogP contribution is -2.28. The maximum atomic E-state index is 9.05. The summed E-state index contributed by atoms with van der Waals surface area (Å²) in [6, 6.07) is 11.1. The van der Waals surface area contributed by atoms with E-state index < -0.39 is 0 Å². The maximum absolute atomic E-state index is 9.05. The Balaban J connectivity index is 1.80. The van der Waals surface area contributed by atoms with Crippen LogP contribution >= 0.6 is 0 Å². The van der Waals surface area contributed by atoms with Gasteiger partial charge in [0.05, 0.1) is 11.5 Å². The summed E-state index contributed by atoms with van der Waals surface area (Å²) in [7, 11) is 2.12. The molecule has 0 aromatic heterocycles. The van der Waals surface area contributed by atoms with Crippen molar-refractivity contribution in [3.63, 3.8) is 0 Å². The molecule has 2 nitrogen and oxygen atoms in total. The van der Waals surface area contributed by atoms with Crippen LogP contribution in [0.4, 0.5) is 0 Å². The van der Waals surface area contributed by atoms with Crippen LogP contribution in [0.25, 0.3) is 0 Å². The summed E-state index contributed by atoms with van der Waals surface area (Å²) in [6.07, 6.45) is 3.23. The second kappa shape index (κ2) is 4.89. The van der Waals surface area contributed by atoms with Crippen molar-refractivity contribution in [3.05, 3.63) is 35.4 Å². The van der Waals surface area contributed by atoms with Gasteiger partial charge in [0.2, 0.25) is 0 Å². The van der Waals surface area contributed by atoms with Crippen molar-refractivity contribution in [3.8, 4) is 6.07 Å². The summed E-state index contributed by atoms with van der Waals surface area (Å²) in [5, 5.41) is 9.05. The minimum absolute atomic E-state index is 0.0125. The van der Waals surface area contributed by atoms with Crippen LogP contribution in [0.5, 0.6) is 0 Å². The van der Waals surface area contributed by atoms with Crippen LogP contribution in [0.2, 0.25) is 0 Å². The highest BCUT2D eigenvalue weighted by Gasteiger charge is 2.43. The van der Waals surface area contributed by atoms with Gasteiger partial charge in [0.15, 0.2) is 0 Å². The molecule has 0 atom stereocenters. The molecule has 1 aromatic carbocycles. The van der Waals surface area contributed by atoms with Crippen molar-refractivity contribution >= 4 is 0 Å². The van der Waals surface area contributed by atoms with Gasteiger partial charge in [0.1, 0.15) is 0 Å². The molecule has 0 saturated heterocycles. The Morgan fingerprint density at radius 2 is 2.18 bits per heavy atom. The fourth-order valence-electron chi connectivity index (χ4n) is 2.24. The van der Waals surface area contributed by atoms with Gasteiger partial charge in [-0.2, -0.15) is 5.26 Å². The second-order valence-electron chi connectivity index (χ2n) is 5.37. The first-order valence-corrected chi connectivity index (χ1v) is 6.29. The Morgan fingerprint density at radius 1 is 1.41 bits per heavy atom. The van der Waals surface area contributed by atoms with Crippen LogP contribution in [0, 0.1) is 23.7 Å². The number of hydrogen-bond acceptors (Lipinski definition) is 2. The van der Waals surface area contributed by atoms with Crippen molar-refractivity contribution in [2.24, 2.45) is 5.41 Å². The standard InChI is InChI=1S/C15H20N2/c1-13-4-3-5-14(10-13)6-9-17(2)12-15(11-16)7-8-15/h3-5,10H,6-9,12H2,1-2H3. The van der Waals surface area contributed by atoms with Crippen molar-refractivity contribution < 1.29 is 0 Å². The van der Waals surface area contributed by atoms with Gasteiger partial charge >= 0.3 is 0 Å². The van der Waals surface area contributed by atoms with Crippen LogP contribution in [-0.2, 0) is 6.42 Å². The number of nitriles is 1. The molecule has 1 aromatic rings. The van der Waals surface area contributed by atoms with Crippen LogP contribution in [0.3, 0.4) is 0 Å². The minimum atomic E-state index is -0.0125.